The highest BCUT2D eigenvalue weighted by atomic mass is 16.6. The Morgan fingerprint density at radius 1 is 1.58 bits per heavy atom. The van der Waals surface area contributed by atoms with Crippen LogP contribution in [0, 0.1) is 0 Å². The predicted molar refractivity (Wildman–Crippen MR) is 35.3 cm³/mol. The number of hydrogen-bond donors (Lipinski definition) is 2. The molecule has 0 aromatic heterocycles. The minimum Gasteiger partial charge on any atom is -0.465 e. The zero-order valence-corrected chi connectivity index (χ0v) is 6.07. The number of carboxylic acid groups (broad SMARTS) is 1. The molecule has 0 spiro atoms. The summed E-state index contributed by atoms with van der Waals surface area (Å²) in [6, 6.07) is -0.903. The van der Waals surface area contributed by atoms with Gasteiger partial charge in [-0.05, 0) is 6.42 Å². The van der Waals surface area contributed by atoms with Crippen LogP contribution in [0.1, 0.15) is 12.8 Å². The monoisotopic (exact) mass is 173 g/mol. The molecule has 0 saturated carbocycles. The zero-order valence-electron chi connectivity index (χ0n) is 6.07. The van der Waals surface area contributed by atoms with Gasteiger partial charge in [0.1, 0.15) is 6.04 Å². The third-order valence-electron chi connectivity index (χ3n) is 1.43. The summed E-state index contributed by atoms with van der Waals surface area (Å²) in [6.45, 7) is 0. The minimum atomic E-state index is -1.30. The average molecular weight is 173 g/mol. The van der Waals surface area contributed by atoms with Crippen molar-refractivity contribution < 1.29 is 24.2 Å². The van der Waals surface area contributed by atoms with Crippen LogP contribution in [0.4, 0.5) is 4.79 Å². The van der Waals surface area contributed by atoms with Gasteiger partial charge in [-0.3, -0.25) is 4.79 Å². The normalized spacial score (nSPS) is 23.2. The molecule has 0 bridgehead atoms. The highest BCUT2D eigenvalue weighted by Gasteiger charge is 2.29. The summed E-state index contributed by atoms with van der Waals surface area (Å²) in [5.74, 6) is -1.43. The van der Waals surface area contributed by atoms with Gasteiger partial charge in [-0.15, -0.1) is 0 Å². The Balaban J connectivity index is 2.51. The van der Waals surface area contributed by atoms with Crippen molar-refractivity contribution in [2.75, 3.05) is 0 Å². The number of cyclic esters (lactones) is 2. The lowest BCUT2D eigenvalue weighted by molar-refractivity contribution is -0.165. The number of rotatable bonds is 1. The van der Waals surface area contributed by atoms with Crippen LogP contribution in [0.2, 0.25) is 0 Å². The summed E-state index contributed by atoms with van der Waals surface area (Å²) in [7, 11) is 0. The fourth-order valence-electron chi connectivity index (χ4n) is 0.895. The standard InChI is InChI=1S/C6H7NO5/c8-4-2-1-3(5(9)12-4)7-6(10)11/h3,7H,1-2H2,(H,10,11)/t3-/m0/s1. The number of carbonyl (C=O) groups excluding carboxylic acids is 2. The van der Waals surface area contributed by atoms with Crippen molar-refractivity contribution in [2.45, 2.75) is 18.9 Å². The second-order valence-corrected chi connectivity index (χ2v) is 2.33. The maximum atomic E-state index is 10.8. The van der Waals surface area contributed by atoms with Gasteiger partial charge in [0, 0.05) is 6.42 Å². The van der Waals surface area contributed by atoms with E-state index >= 15 is 0 Å². The van der Waals surface area contributed by atoms with Gasteiger partial charge >= 0.3 is 18.0 Å². The van der Waals surface area contributed by atoms with Crippen molar-refractivity contribution in [1.29, 1.82) is 0 Å². The molecular formula is C6H7NO5. The van der Waals surface area contributed by atoms with E-state index in [1.807, 2.05) is 5.32 Å². The summed E-state index contributed by atoms with van der Waals surface area (Å²) < 4.78 is 4.20. The smallest absolute Gasteiger partial charge is 0.405 e. The SMILES string of the molecule is O=C(O)N[C@H]1CCC(=O)OC1=O. The van der Waals surface area contributed by atoms with Crippen LogP contribution < -0.4 is 5.32 Å². The highest BCUT2D eigenvalue weighted by molar-refractivity contribution is 5.92. The Hall–Kier alpha value is -1.59. The maximum Gasteiger partial charge on any atom is 0.405 e. The molecule has 1 fully saturated rings. The van der Waals surface area contributed by atoms with Crippen LogP contribution in [0.3, 0.4) is 0 Å². The van der Waals surface area contributed by atoms with Gasteiger partial charge in [0.15, 0.2) is 0 Å². The zero-order chi connectivity index (χ0) is 9.14. The first-order valence-corrected chi connectivity index (χ1v) is 3.33. The molecule has 0 radical (unpaired) electrons. The molecule has 1 amide bonds. The molecule has 6 heteroatoms. The van der Waals surface area contributed by atoms with Crippen LogP contribution in [0.5, 0.6) is 0 Å². The van der Waals surface area contributed by atoms with E-state index in [1.165, 1.54) is 0 Å². The molecule has 66 valence electrons. The van der Waals surface area contributed by atoms with Gasteiger partial charge in [-0.1, -0.05) is 0 Å². The first-order valence-electron chi connectivity index (χ1n) is 3.33. The lowest BCUT2D eigenvalue weighted by atomic mass is 10.1. The molecule has 1 rings (SSSR count). The first kappa shape index (κ1) is 8.51. The highest BCUT2D eigenvalue weighted by Crippen LogP contribution is 2.08. The minimum absolute atomic E-state index is 0.0662. The van der Waals surface area contributed by atoms with Gasteiger partial charge in [0.05, 0.1) is 0 Å². The molecule has 6 nitrogen and oxygen atoms in total. The number of carbonyl (C=O) groups is 3. The van der Waals surface area contributed by atoms with Crippen molar-refractivity contribution in [3.63, 3.8) is 0 Å². The molecular weight excluding hydrogens is 166 g/mol. The quantitative estimate of drug-likeness (QED) is 0.411. The van der Waals surface area contributed by atoms with Crippen LogP contribution in [0.25, 0.3) is 0 Å². The molecule has 0 aliphatic carbocycles. The van der Waals surface area contributed by atoms with Crippen molar-refractivity contribution in [2.24, 2.45) is 0 Å². The summed E-state index contributed by atoms with van der Waals surface area (Å²) in [6.07, 6.45) is -1.06. The largest absolute Gasteiger partial charge is 0.465 e. The van der Waals surface area contributed by atoms with Crippen molar-refractivity contribution in [3.05, 3.63) is 0 Å². The molecule has 1 aliphatic rings. The van der Waals surface area contributed by atoms with E-state index in [2.05, 4.69) is 4.74 Å². The number of esters is 2. The Bertz CT molecular complexity index is 236. The summed E-state index contributed by atoms with van der Waals surface area (Å²) in [4.78, 5) is 31.3. The van der Waals surface area contributed by atoms with Crippen LogP contribution in [-0.4, -0.2) is 29.2 Å². The van der Waals surface area contributed by atoms with Crippen LogP contribution >= 0.6 is 0 Å². The lowest BCUT2D eigenvalue weighted by Crippen LogP contribution is -2.44. The maximum absolute atomic E-state index is 10.8. The second-order valence-electron chi connectivity index (χ2n) is 2.33. The summed E-state index contributed by atoms with van der Waals surface area (Å²) in [5.41, 5.74) is 0. The molecule has 12 heavy (non-hydrogen) atoms. The van der Waals surface area contributed by atoms with Crippen molar-refractivity contribution >= 4 is 18.0 Å². The molecule has 0 unspecified atom stereocenters. The Labute approximate surface area is 67.5 Å². The molecule has 2 N–H and O–H groups in total. The third-order valence-corrected chi connectivity index (χ3v) is 1.43. The lowest BCUT2D eigenvalue weighted by Gasteiger charge is -2.18. The Kier molecular flexibility index (Phi) is 2.27. The predicted octanol–water partition coefficient (Wildman–Crippen LogP) is -0.514. The van der Waals surface area contributed by atoms with E-state index < -0.39 is 24.1 Å². The molecule has 1 heterocycles. The number of nitrogens with one attached hydrogen (secondary N) is 1. The van der Waals surface area contributed by atoms with E-state index in [0.717, 1.165) is 0 Å². The van der Waals surface area contributed by atoms with Crippen molar-refractivity contribution in [1.82, 2.24) is 5.32 Å². The average Bonchev–Trinajstić information content (AvgIpc) is 1.94. The van der Waals surface area contributed by atoms with Gasteiger partial charge < -0.3 is 15.2 Å². The number of hydrogen-bond acceptors (Lipinski definition) is 4. The Morgan fingerprint density at radius 3 is 2.75 bits per heavy atom. The van der Waals surface area contributed by atoms with Gasteiger partial charge in [-0.25, -0.2) is 9.59 Å². The second kappa shape index (κ2) is 3.21. The summed E-state index contributed by atoms with van der Waals surface area (Å²) >= 11 is 0. The van der Waals surface area contributed by atoms with E-state index in [-0.39, 0.29) is 12.8 Å². The number of ether oxygens (including phenoxy) is 1. The first-order chi connectivity index (χ1) is 5.59. The van der Waals surface area contributed by atoms with E-state index in [9.17, 15) is 14.4 Å². The summed E-state index contributed by atoms with van der Waals surface area (Å²) in [5, 5.41) is 10.2. The topological polar surface area (TPSA) is 92.7 Å². The molecule has 1 aliphatic heterocycles. The van der Waals surface area contributed by atoms with E-state index in [1.54, 1.807) is 0 Å². The van der Waals surface area contributed by atoms with E-state index in [4.69, 9.17) is 5.11 Å². The molecule has 1 saturated heterocycles. The van der Waals surface area contributed by atoms with Gasteiger partial charge in [-0.2, -0.15) is 0 Å². The molecule has 0 aromatic carbocycles. The third kappa shape index (κ3) is 1.94. The Morgan fingerprint density at radius 2 is 2.25 bits per heavy atom. The van der Waals surface area contributed by atoms with Gasteiger partial charge in [0.25, 0.3) is 0 Å². The fourth-order valence-corrected chi connectivity index (χ4v) is 0.895. The van der Waals surface area contributed by atoms with Crippen molar-refractivity contribution in [3.8, 4) is 0 Å². The number of amides is 1. The fraction of sp³-hybridized carbons (Fsp3) is 0.500. The molecule has 1 atom stereocenters. The van der Waals surface area contributed by atoms with Crippen LogP contribution in [0.15, 0.2) is 0 Å². The van der Waals surface area contributed by atoms with Gasteiger partial charge in [0.2, 0.25) is 0 Å². The van der Waals surface area contributed by atoms with Crippen LogP contribution in [-0.2, 0) is 14.3 Å². The molecule has 0 aromatic rings. The van der Waals surface area contributed by atoms with E-state index in [0.29, 0.717) is 0 Å².